The van der Waals surface area contributed by atoms with E-state index in [0.717, 1.165) is 18.8 Å². The van der Waals surface area contributed by atoms with E-state index in [1.165, 1.54) is 11.1 Å². The Morgan fingerprint density at radius 2 is 1.48 bits per heavy atom. The Kier molecular flexibility index (Phi) is 5.86. The molecule has 1 aromatic heterocycles. The molecule has 2 aromatic carbocycles. The molecule has 5 heteroatoms. The Morgan fingerprint density at radius 1 is 0.897 bits per heavy atom. The molecule has 148 valence electrons. The summed E-state index contributed by atoms with van der Waals surface area (Å²) in [5.41, 5.74) is 4.05. The van der Waals surface area contributed by atoms with Crippen LogP contribution in [0, 0.1) is 0 Å². The molecule has 0 atom stereocenters. The van der Waals surface area contributed by atoms with Crippen molar-refractivity contribution in [3.63, 3.8) is 0 Å². The molecule has 0 unspecified atom stereocenters. The smallest absolute Gasteiger partial charge is 0.255 e. The van der Waals surface area contributed by atoms with Gasteiger partial charge in [-0.15, -0.1) is 0 Å². The summed E-state index contributed by atoms with van der Waals surface area (Å²) in [6, 6.07) is 23.3. The van der Waals surface area contributed by atoms with Crippen LogP contribution in [0.3, 0.4) is 0 Å². The summed E-state index contributed by atoms with van der Waals surface area (Å²) in [6.45, 7) is 3.08. The van der Waals surface area contributed by atoms with Crippen molar-refractivity contribution in [2.45, 2.75) is 6.04 Å². The lowest BCUT2D eigenvalue weighted by molar-refractivity contribution is 0.0597. The molecule has 0 radical (unpaired) electrons. The quantitative estimate of drug-likeness (QED) is 0.727. The second-order valence-electron chi connectivity index (χ2n) is 7.26. The second-order valence-corrected chi connectivity index (χ2v) is 7.26. The number of aromatic nitrogens is 1. The summed E-state index contributed by atoms with van der Waals surface area (Å²) >= 11 is 0. The van der Waals surface area contributed by atoms with Crippen LogP contribution in [0.25, 0.3) is 0 Å². The largest absolute Gasteiger partial charge is 0.387 e. The van der Waals surface area contributed by atoms with Gasteiger partial charge in [0.15, 0.2) is 0 Å². The van der Waals surface area contributed by atoms with Gasteiger partial charge in [-0.1, -0.05) is 60.7 Å². The molecule has 2 heterocycles. The van der Waals surface area contributed by atoms with Crippen LogP contribution < -0.4 is 5.32 Å². The third kappa shape index (κ3) is 4.30. The first-order chi connectivity index (χ1) is 14.3. The summed E-state index contributed by atoms with van der Waals surface area (Å²) in [5.74, 6) is 0.0465. The van der Waals surface area contributed by atoms with Crippen molar-refractivity contribution in [2.75, 3.05) is 38.5 Å². The number of anilines is 1. The number of nitrogens with one attached hydrogen (secondary N) is 1. The highest BCUT2D eigenvalue weighted by atomic mass is 16.2. The van der Waals surface area contributed by atoms with Gasteiger partial charge in [-0.05, 0) is 17.2 Å². The molecule has 29 heavy (non-hydrogen) atoms. The maximum atomic E-state index is 12.9. The number of hydrogen-bond acceptors (Lipinski definition) is 4. The maximum absolute atomic E-state index is 12.9. The van der Waals surface area contributed by atoms with Gasteiger partial charge in [0.05, 0.1) is 17.3 Å². The number of pyridine rings is 1. The zero-order chi connectivity index (χ0) is 20.1. The van der Waals surface area contributed by atoms with Gasteiger partial charge < -0.3 is 10.2 Å². The highest BCUT2D eigenvalue weighted by Gasteiger charge is 2.28. The van der Waals surface area contributed by atoms with Crippen LogP contribution >= 0.6 is 0 Å². The molecular weight excluding hydrogens is 360 g/mol. The third-order valence-electron chi connectivity index (χ3n) is 5.47. The van der Waals surface area contributed by atoms with Crippen LogP contribution in [0.5, 0.6) is 0 Å². The maximum Gasteiger partial charge on any atom is 0.255 e. The molecule has 1 saturated heterocycles. The highest BCUT2D eigenvalue weighted by molar-refractivity contribution is 5.94. The third-order valence-corrected chi connectivity index (χ3v) is 5.47. The van der Waals surface area contributed by atoms with Gasteiger partial charge >= 0.3 is 0 Å². The summed E-state index contributed by atoms with van der Waals surface area (Å²) in [6.07, 6.45) is 3.37. The molecule has 0 saturated carbocycles. The normalized spacial score (nSPS) is 14.8. The highest BCUT2D eigenvalue weighted by Crippen LogP contribution is 2.29. The number of nitrogens with zero attached hydrogens (tertiary/aromatic N) is 3. The zero-order valence-corrected chi connectivity index (χ0v) is 16.7. The Labute approximate surface area is 172 Å². The summed E-state index contributed by atoms with van der Waals surface area (Å²) in [4.78, 5) is 21.5. The van der Waals surface area contributed by atoms with Crippen molar-refractivity contribution >= 4 is 11.6 Å². The molecular formula is C24H26N4O. The average Bonchev–Trinajstić information content (AvgIpc) is 2.81. The van der Waals surface area contributed by atoms with E-state index in [9.17, 15) is 4.79 Å². The van der Waals surface area contributed by atoms with E-state index in [-0.39, 0.29) is 11.9 Å². The fourth-order valence-corrected chi connectivity index (χ4v) is 3.94. The van der Waals surface area contributed by atoms with E-state index in [2.05, 4.69) is 75.9 Å². The lowest BCUT2D eigenvalue weighted by Crippen LogP contribution is -2.49. The molecule has 0 aliphatic carbocycles. The summed E-state index contributed by atoms with van der Waals surface area (Å²) in [7, 11) is 1.83. The second kappa shape index (κ2) is 8.88. The van der Waals surface area contributed by atoms with Crippen molar-refractivity contribution in [2.24, 2.45) is 0 Å². The molecule has 0 bridgehead atoms. The SMILES string of the molecule is CNc1cncc(C(=O)N2CCN(C(c3ccccc3)c3ccccc3)CC2)c1. The number of benzene rings is 2. The number of piperazine rings is 1. The number of rotatable bonds is 5. The van der Waals surface area contributed by atoms with Gasteiger partial charge in [0.2, 0.25) is 0 Å². The van der Waals surface area contributed by atoms with E-state index >= 15 is 0 Å². The molecule has 1 fully saturated rings. The van der Waals surface area contributed by atoms with Gasteiger partial charge in [-0.25, -0.2) is 0 Å². The monoisotopic (exact) mass is 386 g/mol. The van der Waals surface area contributed by atoms with Gasteiger partial charge in [0.25, 0.3) is 5.91 Å². The van der Waals surface area contributed by atoms with Crippen molar-refractivity contribution < 1.29 is 4.79 Å². The molecule has 5 nitrogen and oxygen atoms in total. The predicted octanol–water partition coefficient (Wildman–Crippen LogP) is 3.67. The predicted molar refractivity (Wildman–Crippen MR) is 116 cm³/mol. The Hall–Kier alpha value is -3.18. The molecule has 1 N–H and O–H groups in total. The molecule has 0 spiro atoms. The molecule has 1 aliphatic rings. The summed E-state index contributed by atoms with van der Waals surface area (Å²) in [5, 5.41) is 3.04. The van der Waals surface area contributed by atoms with Gasteiger partial charge in [0.1, 0.15) is 0 Å². The summed E-state index contributed by atoms with van der Waals surface area (Å²) < 4.78 is 0. The van der Waals surface area contributed by atoms with E-state index in [0.29, 0.717) is 18.7 Å². The Balaban J connectivity index is 1.50. The molecule has 3 aromatic rings. The first-order valence-electron chi connectivity index (χ1n) is 10.0. The first kappa shape index (κ1) is 19.2. The van der Waals surface area contributed by atoms with Gasteiger partial charge in [-0.3, -0.25) is 14.7 Å². The molecule has 4 rings (SSSR count). The van der Waals surface area contributed by atoms with Gasteiger partial charge in [-0.2, -0.15) is 0 Å². The lowest BCUT2D eigenvalue weighted by Gasteiger charge is -2.39. The topological polar surface area (TPSA) is 48.5 Å². The first-order valence-corrected chi connectivity index (χ1v) is 10.0. The van der Waals surface area contributed by atoms with Crippen molar-refractivity contribution in [1.82, 2.24) is 14.8 Å². The number of carbonyl (C=O) groups excluding carboxylic acids is 1. The lowest BCUT2D eigenvalue weighted by atomic mass is 9.96. The van der Waals surface area contributed by atoms with Crippen molar-refractivity contribution in [3.8, 4) is 0 Å². The van der Waals surface area contributed by atoms with E-state index in [1.807, 2.05) is 18.0 Å². The Bertz CT molecular complexity index is 898. The standard InChI is InChI=1S/C24H26N4O/c1-25-22-16-21(17-26-18-22)24(29)28-14-12-27(13-15-28)23(19-8-4-2-5-9-19)20-10-6-3-7-11-20/h2-11,16-18,23,25H,12-15H2,1H3. The van der Waals surface area contributed by atoms with Crippen molar-refractivity contribution in [3.05, 3.63) is 95.8 Å². The van der Waals surface area contributed by atoms with Crippen molar-refractivity contribution in [1.29, 1.82) is 0 Å². The average molecular weight is 386 g/mol. The number of amides is 1. The zero-order valence-electron chi connectivity index (χ0n) is 16.7. The molecule has 1 aliphatic heterocycles. The van der Waals surface area contributed by atoms with Gasteiger partial charge in [0, 0.05) is 45.6 Å². The van der Waals surface area contributed by atoms with E-state index < -0.39 is 0 Å². The van der Waals surface area contributed by atoms with Crippen LogP contribution in [0.2, 0.25) is 0 Å². The number of carbonyl (C=O) groups is 1. The minimum atomic E-state index is 0.0465. The van der Waals surface area contributed by atoms with Crippen LogP contribution in [0.15, 0.2) is 79.1 Å². The minimum Gasteiger partial charge on any atom is -0.387 e. The van der Waals surface area contributed by atoms with E-state index in [4.69, 9.17) is 0 Å². The molecule has 1 amide bonds. The Morgan fingerprint density at radius 3 is 2.03 bits per heavy atom. The van der Waals surface area contributed by atoms with Crippen LogP contribution in [0.1, 0.15) is 27.5 Å². The van der Waals surface area contributed by atoms with Crippen LogP contribution in [-0.2, 0) is 0 Å². The minimum absolute atomic E-state index is 0.0465. The fourth-order valence-electron chi connectivity index (χ4n) is 3.94. The number of hydrogen-bond donors (Lipinski definition) is 1. The fraction of sp³-hybridized carbons (Fsp3) is 0.250. The van der Waals surface area contributed by atoms with Crippen LogP contribution in [0.4, 0.5) is 5.69 Å². The van der Waals surface area contributed by atoms with E-state index in [1.54, 1.807) is 12.4 Å². The van der Waals surface area contributed by atoms with Crippen LogP contribution in [-0.4, -0.2) is 53.9 Å².